The van der Waals surface area contributed by atoms with Gasteiger partial charge in [0.05, 0.1) is 12.1 Å². The highest BCUT2D eigenvalue weighted by Gasteiger charge is 2.33. The molecule has 0 spiro atoms. The number of hydrogen-bond donors (Lipinski definition) is 1. The van der Waals surface area contributed by atoms with E-state index in [4.69, 9.17) is 4.74 Å². The van der Waals surface area contributed by atoms with Crippen molar-refractivity contribution < 1.29 is 14.6 Å². The summed E-state index contributed by atoms with van der Waals surface area (Å²) < 4.78 is 5.67. The first-order valence-electron chi connectivity index (χ1n) is 8.96. The maximum absolute atomic E-state index is 12.5. The van der Waals surface area contributed by atoms with Crippen LogP contribution in [0, 0.1) is 0 Å². The van der Waals surface area contributed by atoms with Gasteiger partial charge in [-0.1, -0.05) is 48.5 Å². The summed E-state index contributed by atoms with van der Waals surface area (Å²) in [7, 11) is 0. The predicted octanol–water partition coefficient (Wildman–Crippen LogP) is 3.78. The summed E-state index contributed by atoms with van der Waals surface area (Å²) in [6.07, 6.45) is 0.770. The Bertz CT molecular complexity index is 743. The number of fused-ring (bicyclic) bond motifs is 3. The van der Waals surface area contributed by atoms with Crippen molar-refractivity contribution in [1.82, 2.24) is 4.90 Å². The van der Waals surface area contributed by atoms with E-state index in [-0.39, 0.29) is 18.1 Å². The van der Waals surface area contributed by atoms with Crippen molar-refractivity contribution in [3.05, 3.63) is 59.7 Å². The van der Waals surface area contributed by atoms with Crippen LogP contribution in [0.2, 0.25) is 0 Å². The number of nitrogens with zero attached hydrogens (tertiary/aromatic N) is 1. The lowest BCUT2D eigenvalue weighted by Gasteiger charge is -2.36. The van der Waals surface area contributed by atoms with Crippen LogP contribution in [0.5, 0.6) is 0 Å². The number of carbonyl (C=O) groups excluding carboxylic acids is 1. The summed E-state index contributed by atoms with van der Waals surface area (Å²) in [4.78, 5) is 14.2. The van der Waals surface area contributed by atoms with Gasteiger partial charge in [-0.05, 0) is 42.0 Å². The quantitative estimate of drug-likeness (QED) is 0.907. The molecular weight excluding hydrogens is 314 g/mol. The highest BCUT2D eigenvalue weighted by Crippen LogP contribution is 2.44. The largest absolute Gasteiger partial charge is 0.448 e. The fraction of sp³-hybridized carbons (Fsp3) is 0.381. The molecule has 0 bridgehead atoms. The van der Waals surface area contributed by atoms with Crippen LogP contribution in [-0.4, -0.2) is 41.4 Å². The molecule has 130 valence electrons. The maximum atomic E-state index is 12.5. The molecule has 1 saturated heterocycles. The Kier molecular flexibility index (Phi) is 4.22. The lowest BCUT2D eigenvalue weighted by atomic mass is 9.98. The highest BCUT2D eigenvalue weighted by atomic mass is 16.6. The second kappa shape index (κ2) is 6.52. The van der Waals surface area contributed by atoms with Crippen LogP contribution in [0.3, 0.4) is 0 Å². The molecule has 2 unspecified atom stereocenters. The Morgan fingerprint density at radius 3 is 2.36 bits per heavy atom. The first-order valence-corrected chi connectivity index (χ1v) is 8.96. The number of aliphatic hydroxyl groups excluding tert-OH is 1. The lowest BCUT2D eigenvalue weighted by molar-refractivity contribution is 0.0119. The molecule has 1 aliphatic heterocycles. The van der Waals surface area contributed by atoms with E-state index in [2.05, 4.69) is 24.3 Å². The van der Waals surface area contributed by atoms with E-state index in [0.29, 0.717) is 13.2 Å². The number of hydrogen-bond acceptors (Lipinski definition) is 3. The standard InChI is InChI=1S/C21H23NO3/c1-14-20(23)11-6-12-22(14)21(24)25-13-19-17-9-4-2-7-15(17)16-8-3-5-10-18(16)19/h2-5,7-10,14,19-20,23H,6,11-13H2,1H3. The van der Waals surface area contributed by atoms with Crippen molar-refractivity contribution in [2.75, 3.05) is 13.2 Å². The van der Waals surface area contributed by atoms with Gasteiger partial charge < -0.3 is 14.7 Å². The van der Waals surface area contributed by atoms with Gasteiger partial charge in [0.15, 0.2) is 0 Å². The van der Waals surface area contributed by atoms with Crippen LogP contribution in [0.15, 0.2) is 48.5 Å². The third-order valence-corrected chi connectivity index (χ3v) is 5.52. The molecule has 2 aromatic carbocycles. The molecule has 4 rings (SSSR count). The van der Waals surface area contributed by atoms with Gasteiger partial charge in [0.1, 0.15) is 6.61 Å². The van der Waals surface area contributed by atoms with Crippen LogP contribution in [0.25, 0.3) is 11.1 Å². The van der Waals surface area contributed by atoms with Gasteiger partial charge in [-0.3, -0.25) is 0 Å². The van der Waals surface area contributed by atoms with Crippen molar-refractivity contribution in [1.29, 1.82) is 0 Å². The van der Waals surface area contributed by atoms with E-state index < -0.39 is 6.10 Å². The Hall–Kier alpha value is -2.33. The molecule has 1 N–H and O–H groups in total. The number of likely N-dealkylation sites (tertiary alicyclic amines) is 1. The van der Waals surface area contributed by atoms with Crippen LogP contribution in [-0.2, 0) is 4.74 Å². The second-order valence-electron chi connectivity index (χ2n) is 6.95. The molecule has 2 atom stereocenters. The van der Waals surface area contributed by atoms with Crippen molar-refractivity contribution in [2.24, 2.45) is 0 Å². The summed E-state index contributed by atoms with van der Waals surface area (Å²) in [6, 6.07) is 16.4. The number of benzene rings is 2. The van der Waals surface area contributed by atoms with E-state index >= 15 is 0 Å². The van der Waals surface area contributed by atoms with Gasteiger partial charge in [-0.15, -0.1) is 0 Å². The number of piperidine rings is 1. The zero-order valence-corrected chi connectivity index (χ0v) is 14.4. The molecule has 1 amide bonds. The van der Waals surface area contributed by atoms with Crippen molar-refractivity contribution in [3.63, 3.8) is 0 Å². The number of aliphatic hydroxyl groups is 1. The van der Waals surface area contributed by atoms with E-state index in [9.17, 15) is 9.90 Å². The summed E-state index contributed by atoms with van der Waals surface area (Å²) in [5.41, 5.74) is 4.87. The lowest BCUT2D eigenvalue weighted by Crippen LogP contribution is -2.49. The molecule has 0 saturated carbocycles. The molecule has 4 nitrogen and oxygen atoms in total. The summed E-state index contributed by atoms with van der Waals surface area (Å²) in [6.45, 7) is 2.85. The van der Waals surface area contributed by atoms with Gasteiger partial charge in [-0.2, -0.15) is 0 Å². The van der Waals surface area contributed by atoms with Gasteiger partial charge in [0, 0.05) is 12.5 Å². The Morgan fingerprint density at radius 1 is 1.12 bits per heavy atom. The highest BCUT2D eigenvalue weighted by molar-refractivity contribution is 5.79. The topological polar surface area (TPSA) is 49.8 Å². The third kappa shape index (κ3) is 2.81. The van der Waals surface area contributed by atoms with Gasteiger partial charge in [0.2, 0.25) is 0 Å². The average Bonchev–Trinajstić information content (AvgIpc) is 2.96. The van der Waals surface area contributed by atoms with Crippen LogP contribution >= 0.6 is 0 Å². The fourth-order valence-corrected chi connectivity index (χ4v) is 4.06. The summed E-state index contributed by atoms with van der Waals surface area (Å²) >= 11 is 0. The van der Waals surface area contributed by atoms with Crippen LogP contribution in [0.4, 0.5) is 4.79 Å². The van der Waals surface area contributed by atoms with E-state index in [1.165, 1.54) is 22.3 Å². The zero-order valence-electron chi connectivity index (χ0n) is 14.4. The number of carbonyl (C=O) groups is 1. The zero-order chi connectivity index (χ0) is 17.4. The Labute approximate surface area is 148 Å². The molecule has 1 aliphatic carbocycles. The van der Waals surface area contributed by atoms with Gasteiger partial charge in [0.25, 0.3) is 0 Å². The first-order chi connectivity index (χ1) is 12.2. The molecule has 1 fully saturated rings. The van der Waals surface area contributed by atoms with Gasteiger partial charge >= 0.3 is 6.09 Å². The van der Waals surface area contributed by atoms with Crippen molar-refractivity contribution >= 4 is 6.09 Å². The Morgan fingerprint density at radius 2 is 1.72 bits per heavy atom. The smallest absolute Gasteiger partial charge is 0.410 e. The normalized spacial score (nSPS) is 22.4. The molecule has 0 radical (unpaired) electrons. The predicted molar refractivity (Wildman–Crippen MR) is 96.5 cm³/mol. The first kappa shape index (κ1) is 16.2. The SMILES string of the molecule is CC1C(O)CCCN1C(=O)OCC1c2ccccc2-c2ccccc21. The molecular formula is C21H23NO3. The third-order valence-electron chi connectivity index (χ3n) is 5.52. The van der Waals surface area contributed by atoms with E-state index in [1.54, 1.807) is 4.90 Å². The minimum Gasteiger partial charge on any atom is -0.448 e. The summed E-state index contributed by atoms with van der Waals surface area (Å²) in [5, 5.41) is 9.99. The molecule has 2 aliphatic rings. The fourth-order valence-electron chi connectivity index (χ4n) is 4.06. The van der Waals surface area contributed by atoms with Crippen molar-refractivity contribution in [3.8, 4) is 11.1 Å². The average molecular weight is 337 g/mol. The van der Waals surface area contributed by atoms with Crippen LogP contribution < -0.4 is 0 Å². The van der Waals surface area contributed by atoms with E-state index in [1.807, 2.05) is 31.2 Å². The number of amides is 1. The number of rotatable bonds is 2. The van der Waals surface area contributed by atoms with Gasteiger partial charge in [-0.25, -0.2) is 4.79 Å². The van der Waals surface area contributed by atoms with Crippen molar-refractivity contribution in [2.45, 2.75) is 37.8 Å². The molecule has 25 heavy (non-hydrogen) atoms. The second-order valence-corrected chi connectivity index (χ2v) is 6.95. The minimum atomic E-state index is -0.464. The minimum absolute atomic E-state index is 0.0707. The Balaban J connectivity index is 1.52. The molecule has 0 aromatic heterocycles. The molecule has 4 heteroatoms. The molecule has 1 heterocycles. The maximum Gasteiger partial charge on any atom is 0.410 e. The monoisotopic (exact) mass is 337 g/mol. The van der Waals surface area contributed by atoms with Crippen LogP contribution in [0.1, 0.15) is 36.8 Å². The van der Waals surface area contributed by atoms with E-state index in [0.717, 1.165) is 12.8 Å². The summed E-state index contributed by atoms with van der Waals surface area (Å²) in [5.74, 6) is 0.0707. The molecule has 2 aromatic rings. The number of ether oxygens (including phenoxy) is 1.